The van der Waals surface area contributed by atoms with Crippen LogP contribution in [0.4, 0.5) is 0 Å². The Hall–Kier alpha value is -0.120. The first-order chi connectivity index (χ1) is 8.24. The standard InChI is InChI=1S/C14H28N2O/c1-11-4-3-7-16(12(11)2)14(10-15)13-5-8-17-9-6-13/h11-14H,3-10,15H2,1-2H3. The molecule has 0 aliphatic carbocycles. The van der Waals surface area contributed by atoms with Gasteiger partial charge in [0.15, 0.2) is 0 Å². The van der Waals surface area contributed by atoms with E-state index in [0.717, 1.165) is 31.6 Å². The summed E-state index contributed by atoms with van der Waals surface area (Å²) >= 11 is 0. The lowest BCUT2D eigenvalue weighted by atomic mass is 9.85. The van der Waals surface area contributed by atoms with Crippen molar-refractivity contribution in [3.05, 3.63) is 0 Å². The fourth-order valence-corrected chi connectivity index (χ4v) is 3.53. The molecule has 2 aliphatic rings. The van der Waals surface area contributed by atoms with E-state index in [4.69, 9.17) is 10.5 Å². The molecule has 2 saturated heterocycles. The summed E-state index contributed by atoms with van der Waals surface area (Å²) in [5.74, 6) is 1.57. The minimum Gasteiger partial charge on any atom is -0.381 e. The molecule has 0 amide bonds. The first-order valence-corrected chi connectivity index (χ1v) is 7.27. The molecule has 2 N–H and O–H groups in total. The van der Waals surface area contributed by atoms with Crippen molar-refractivity contribution in [3.63, 3.8) is 0 Å². The summed E-state index contributed by atoms with van der Waals surface area (Å²) in [5, 5.41) is 0. The Morgan fingerprint density at radius 1 is 1.24 bits per heavy atom. The van der Waals surface area contributed by atoms with Crippen molar-refractivity contribution in [2.24, 2.45) is 17.6 Å². The smallest absolute Gasteiger partial charge is 0.0469 e. The zero-order chi connectivity index (χ0) is 12.3. The molecule has 2 heterocycles. The first kappa shape index (κ1) is 13.3. The fraction of sp³-hybridized carbons (Fsp3) is 1.00. The van der Waals surface area contributed by atoms with Gasteiger partial charge in [0.2, 0.25) is 0 Å². The van der Waals surface area contributed by atoms with Gasteiger partial charge in [-0.25, -0.2) is 0 Å². The number of rotatable bonds is 3. The van der Waals surface area contributed by atoms with Gasteiger partial charge in [0, 0.05) is 31.8 Å². The van der Waals surface area contributed by atoms with E-state index < -0.39 is 0 Å². The molecule has 0 radical (unpaired) electrons. The highest BCUT2D eigenvalue weighted by atomic mass is 16.5. The van der Waals surface area contributed by atoms with E-state index >= 15 is 0 Å². The maximum atomic E-state index is 6.06. The summed E-state index contributed by atoms with van der Waals surface area (Å²) in [5.41, 5.74) is 6.06. The molecule has 2 fully saturated rings. The van der Waals surface area contributed by atoms with Crippen molar-refractivity contribution in [2.75, 3.05) is 26.3 Å². The van der Waals surface area contributed by atoms with Crippen LogP contribution in [0.3, 0.4) is 0 Å². The van der Waals surface area contributed by atoms with Crippen LogP contribution in [0.1, 0.15) is 39.5 Å². The van der Waals surface area contributed by atoms with Crippen molar-refractivity contribution < 1.29 is 4.74 Å². The topological polar surface area (TPSA) is 38.5 Å². The Morgan fingerprint density at radius 3 is 2.59 bits per heavy atom. The van der Waals surface area contributed by atoms with Gasteiger partial charge in [-0.1, -0.05) is 6.92 Å². The lowest BCUT2D eigenvalue weighted by molar-refractivity contribution is -0.00412. The lowest BCUT2D eigenvalue weighted by Gasteiger charge is -2.46. The van der Waals surface area contributed by atoms with Gasteiger partial charge in [-0.15, -0.1) is 0 Å². The highest BCUT2D eigenvalue weighted by molar-refractivity contribution is 4.88. The minimum absolute atomic E-state index is 0.580. The van der Waals surface area contributed by atoms with Crippen LogP contribution < -0.4 is 5.73 Å². The summed E-state index contributed by atoms with van der Waals surface area (Å²) in [6.07, 6.45) is 5.10. The van der Waals surface area contributed by atoms with Gasteiger partial charge in [-0.2, -0.15) is 0 Å². The molecule has 2 aliphatic heterocycles. The van der Waals surface area contributed by atoms with Crippen LogP contribution in [0.25, 0.3) is 0 Å². The van der Waals surface area contributed by atoms with Gasteiger partial charge in [-0.05, 0) is 51.0 Å². The Bertz CT molecular complexity index is 228. The molecule has 0 saturated carbocycles. The van der Waals surface area contributed by atoms with E-state index in [2.05, 4.69) is 18.7 Å². The minimum atomic E-state index is 0.580. The van der Waals surface area contributed by atoms with Crippen LogP contribution in [-0.4, -0.2) is 43.3 Å². The molecule has 0 aromatic rings. The van der Waals surface area contributed by atoms with Gasteiger partial charge < -0.3 is 10.5 Å². The van der Waals surface area contributed by atoms with Crippen LogP contribution in [0.2, 0.25) is 0 Å². The van der Waals surface area contributed by atoms with E-state index in [0.29, 0.717) is 12.1 Å². The van der Waals surface area contributed by atoms with E-state index in [1.165, 1.54) is 32.2 Å². The third kappa shape index (κ3) is 3.01. The SMILES string of the molecule is CC1CCCN(C(CN)C2CCOCC2)C1C. The summed E-state index contributed by atoms with van der Waals surface area (Å²) in [6.45, 7) is 8.67. The van der Waals surface area contributed by atoms with Gasteiger partial charge in [0.25, 0.3) is 0 Å². The molecule has 0 spiro atoms. The predicted octanol–water partition coefficient (Wildman–Crippen LogP) is 1.86. The summed E-state index contributed by atoms with van der Waals surface area (Å²) < 4.78 is 5.47. The second-order valence-corrected chi connectivity index (χ2v) is 5.85. The average molecular weight is 240 g/mol. The van der Waals surface area contributed by atoms with Crippen LogP contribution >= 0.6 is 0 Å². The zero-order valence-electron chi connectivity index (χ0n) is 11.4. The van der Waals surface area contributed by atoms with Crippen molar-refractivity contribution >= 4 is 0 Å². The van der Waals surface area contributed by atoms with Crippen LogP contribution in [0, 0.1) is 11.8 Å². The lowest BCUT2D eigenvalue weighted by Crippen LogP contribution is -2.54. The van der Waals surface area contributed by atoms with E-state index in [9.17, 15) is 0 Å². The summed E-state index contributed by atoms with van der Waals surface area (Å²) in [4.78, 5) is 2.68. The number of nitrogens with zero attached hydrogens (tertiary/aromatic N) is 1. The highest BCUT2D eigenvalue weighted by Crippen LogP contribution is 2.30. The quantitative estimate of drug-likeness (QED) is 0.818. The Kier molecular flexibility index (Phi) is 4.83. The van der Waals surface area contributed by atoms with Crippen molar-refractivity contribution in [2.45, 2.75) is 51.6 Å². The average Bonchev–Trinajstić information content (AvgIpc) is 2.37. The molecule has 3 nitrogen and oxygen atoms in total. The predicted molar refractivity (Wildman–Crippen MR) is 71.0 cm³/mol. The zero-order valence-corrected chi connectivity index (χ0v) is 11.4. The van der Waals surface area contributed by atoms with Crippen LogP contribution in [-0.2, 0) is 4.74 Å². The molecular formula is C14H28N2O. The third-order valence-corrected chi connectivity index (χ3v) is 4.90. The van der Waals surface area contributed by atoms with Crippen LogP contribution in [0.5, 0.6) is 0 Å². The molecule has 0 aromatic heterocycles. The molecule has 3 unspecified atom stereocenters. The molecule has 17 heavy (non-hydrogen) atoms. The van der Waals surface area contributed by atoms with Gasteiger partial charge in [0.05, 0.1) is 0 Å². The molecule has 2 rings (SSSR count). The van der Waals surface area contributed by atoms with E-state index in [-0.39, 0.29) is 0 Å². The normalized spacial score (nSPS) is 34.8. The number of likely N-dealkylation sites (tertiary alicyclic amines) is 1. The summed E-state index contributed by atoms with van der Waals surface area (Å²) in [6, 6.07) is 1.27. The number of nitrogens with two attached hydrogens (primary N) is 1. The fourth-order valence-electron chi connectivity index (χ4n) is 3.53. The largest absolute Gasteiger partial charge is 0.381 e. The molecule has 0 bridgehead atoms. The Labute approximate surface area is 106 Å². The number of hydrogen-bond acceptors (Lipinski definition) is 3. The third-order valence-electron chi connectivity index (χ3n) is 4.90. The molecular weight excluding hydrogens is 212 g/mol. The number of hydrogen-bond donors (Lipinski definition) is 1. The molecule has 3 heteroatoms. The molecule has 0 aromatic carbocycles. The van der Waals surface area contributed by atoms with Gasteiger partial charge in [0.1, 0.15) is 0 Å². The second-order valence-electron chi connectivity index (χ2n) is 5.85. The number of ether oxygens (including phenoxy) is 1. The molecule has 100 valence electrons. The van der Waals surface area contributed by atoms with E-state index in [1.807, 2.05) is 0 Å². The second kappa shape index (κ2) is 6.17. The van der Waals surface area contributed by atoms with Gasteiger partial charge >= 0.3 is 0 Å². The summed E-state index contributed by atoms with van der Waals surface area (Å²) in [7, 11) is 0. The molecule has 3 atom stereocenters. The first-order valence-electron chi connectivity index (χ1n) is 7.27. The highest BCUT2D eigenvalue weighted by Gasteiger charge is 2.34. The maximum absolute atomic E-state index is 6.06. The Morgan fingerprint density at radius 2 is 1.94 bits per heavy atom. The van der Waals surface area contributed by atoms with E-state index in [1.54, 1.807) is 0 Å². The monoisotopic (exact) mass is 240 g/mol. The van der Waals surface area contributed by atoms with Crippen molar-refractivity contribution in [1.82, 2.24) is 4.90 Å². The van der Waals surface area contributed by atoms with Crippen molar-refractivity contribution in [1.29, 1.82) is 0 Å². The number of piperidine rings is 1. The Balaban J connectivity index is 2.00. The maximum Gasteiger partial charge on any atom is 0.0469 e. The van der Waals surface area contributed by atoms with Gasteiger partial charge in [-0.3, -0.25) is 4.90 Å². The van der Waals surface area contributed by atoms with Crippen molar-refractivity contribution in [3.8, 4) is 0 Å². The van der Waals surface area contributed by atoms with Crippen LogP contribution in [0.15, 0.2) is 0 Å².